The van der Waals surface area contributed by atoms with E-state index in [9.17, 15) is 9.59 Å². The predicted octanol–water partition coefficient (Wildman–Crippen LogP) is 5.05. The molecule has 1 saturated heterocycles. The molecule has 1 unspecified atom stereocenters. The van der Waals surface area contributed by atoms with Crippen molar-refractivity contribution in [3.05, 3.63) is 11.6 Å². The zero-order valence-electron chi connectivity index (χ0n) is 20.1. The Balaban J connectivity index is 1.30. The van der Waals surface area contributed by atoms with Crippen molar-refractivity contribution in [1.82, 2.24) is 5.32 Å². The Morgan fingerprint density at radius 2 is 1.94 bits per heavy atom. The average molecular weight is 441 g/mol. The maximum atomic E-state index is 12.5. The normalized spacial score (nSPS) is 44.2. The van der Waals surface area contributed by atoms with Crippen molar-refractivity contribution >= 4 is 17.5 Å². The lowest BCUT2D eigenvalue weighted by Gasteiger charge is -2.58. The molecule has 5 rings (SSSR count). The summed E-state index contributed by atoms with van der Waals surface area (Å²) in [6, 6.07) is 0. The van der Waals surface area contributed by atoms with E-state index in [1.807, 2.05) is 6.08 Å². The van der Waals surface area contributed by atoms with Crippen LogP contribution in [-0.2, 0) is 14.4 Å². The maximum Gasteiger partial charge on any atom is 0.339 e. The summed E-state index contributed by atoms with van der Waals surface area (Å²) in [5.74, 6) is 2.68. The number of nitrogens with zero attached hydrogens (tertiary/aromatic N) is 1. The molecule has 5 heteroatoms. The average Bonchev–Trinajstić information content (AvgIpc) is 3.15. The van der Waals surface area contributed by atoms with E-state index in [0.717, 1.165) is 56.7 Å². The molecule has 1 aliphatic heterocycles. The summed E-state index contributed by atoms with van der Waals surface area (Å²) < 4.78 is 0. The molecule has 0 aromatic carbocycles. The molecule has 1 heterocycles. The van der Waals surface area contributed by atoms with Gasteiger partial charge in [-0.1, -0.05) is 24.6 Å². The van der Waals surface area contributed by atoms with Crippen LogP contribution in [0.25, 0.3) is 0 Å². The molecule has 5 nitrogen and oxygen atoms in total. The van der Waals surface area contributed by atoms with Crippen LogP contribution in [0.15, 0.2) is 16.8 Å². The van der Waals surface area contributed by atoms with Gasteiger partial charge in [-0.2, -0.15) is 0 Å². The summed E-state index contributed by atoms with van der Waals surface area (Å²) in [7, 11) is 0. The smallest absolute Gasteiger partial charge is 0.318 e. The monoisotopic (exact) mass is 440 g/mol. The van der Waals surface area contributed by atoms with Gasteiger partial charge in [0.15, 0.2) is 5.78 Å². The summed E-state index contributed by atoms with van der Waals surface area (Å²) >= 11 is 0. The molecule has 4 fully saturated rings. The largest absolute Gasteiger partial charge is 0.339 e. The molecule has 176 valence electrons. The van der Waals surface area contributed by atoms with Crippen LogP contribution in [0.3, 0.4) is 0 Å². The Hall–Kier alpha value is -1.49. The number of hydrogen-bond donors (Lipinski definition) is 1. The number of carbonyl (C=O) groups is 2. The molecule has 7 atom stereocenters. The number of carbonyl (C=O) groups excluding carboxylic acids is 2. The lowest BCUT2D eigenvalue weighted by atomic mass is 9.46. The van der Waals surface area contributed by atoms with Crippen LogP contribution in [0, 0.1) is 40.4 Å². The van der Waals surface area contributed by atoms with E-state index in [1.165, 1.54) is 31.3 Å². The molecule has 0 aromatic heterocycles. The third-order valence-corrected chi connectivity index (χ3v) is 10.4. The lowest BCUT2D eigenvalue weighted by molar-refractivity contribution is -0.149. The first-order valence-electron chi connectivity index (χ1n) is 13.0. The van der Waals surface area contributed by atoms with Gasteiger partial charge < -0.3 is 10.2 Å². The summed E-state index contributed by atoms with van der Waals surface area (Å²) in [4.78, 5) is 30.0. The predicted molar refractivity (Wildman–Crippen MR) is 125 cm³/mol. The number of piperidine rings is 1. The maximum absolute atomic E-state index is 12.5. The van der Waals surface area contributed by atoms with Crippen molar-refractivity contribution in [3.8, 4) is 0 Å². The van der Waals surface area contributed by atoms with Crippen LogP contribution in [0.1, 0.15) is 85.0 Å². The van der Waals surface area contributed by atoms with Crippen LogP contribution >= 0.6 is 0 Å². The molecule has 1 N–H and O–H groups in total. The van der Waals surface area contributed by atoms with E-state index in [-0.39, 0.29) is 22.7 Å². The van der Waals surface area contributed by atoms with Gasteiger partial charge in [-0.15, -0.1) is 0 Å². The fraction of sp³-hybridized carbons (Fsp3) is 0.815. The zero-order valence-corrected chi connectivity index (χ0v) is 20.1. The van der Waals surface area contributed by atoms with E-state index in [2.05, 4.69) is 31.2 Å². The molecule has 0 radical (unpaired) electrons. The van der Waals surface area contributed by atoms with E-state index in [0.29, 0.717) is 30.1 Å². The number of hydrogen-bond acceptors (Lipinski definition) is 5. The van der Waals surface area contributed by atoms with E-state index in [1.54, 1.807) is 0 Å². The highest BCUT2D eigenvalue weighted by molar-refractivity contribution is 5.91. The summed E-state index contributed by atoms with van der Waals surface area (Å²) in [5.41, 5.74) is 2.92. The van der Waals surface area contributed by atoms with Crippen molar-refractivity contribution in [2.75, 3.05) is 13.1 Å². The highest BCUT2D eigenvalue weighted by Gasteiger charge is 2.59. The van der Waals surface area contributed by atoms with Crippen molar-refractivity contribution in [3.63, 3.8) is 0 Å². The van der Waals surface area contributed by atoms with Gasteiger partial charge in [-0.05, 0) is 106 Å². The molecule has 4 aliphatic carbocycles. The van der Waals surface area contributed by atoms with Gasteiger partial charge in [-0.25, -0.2) is 4.79 Å². The molecular formula is C27H40N2O3. The van der Waals surface area contributed by atoms with Gasteiger partial charge in [0.05, 0.1) is 11.6 Å². The van der Waals surface area contributed by atoms with Gasteiger partial charge in [0, 0.05) is 18.9 Å². The molecule has 0 bridgehead atoms. The number of fused-ring (bicyclic) bond motifs is 5. The number of oxime groups is 1. The molecular weight excluding hydrogens is 400 g/mol. The molecule has 3 saturated carbocycles. The van der Waals surface area contributed by atoms with Crippen LogP contribution < -0.4 is 5.32 Å². The van der Waals surface area contributed by atoms with Gasteiger partial charge in [0.25, 0.3) is 0 Å². The van der Waals surface area contributed by atoms with E-state index >= 15 is 0 Å². The Morgan fingerprint density at radius 1 is 1.09 bits per heavy atom. The van der Waals surface area contributed by atoms with Crippen molar-refractivity contribution in [2.45, 2.75) is 85.0 Å². The van der Waals surface area contributed by atoms with Crippen LogP contribution in [0.5, 0.6) is 0 Å². The van der Waals surface area contributed by atoms with Gasteiger partial charge >= 0.3 is 5.97 Å². The SMILES string of the molecule is C/C(=N\OC(=O)C1CCCNC1)[C@H]1CC[C@H]2[C@@H]3CCC4=CC(=O)CC[C@]4(C)[C@H]3CC[C@]12C. The van der Waals surface area contributed by atoms with Crippen molar-refractivity contribution in [2.24, 2.45) is 45.6 Å². The van der Waals surface area contributed by atoms with Crippen LogP contribution in [0.4, 0.5) is 0 Å². The van der Waals surface area contributed by atoms with Crippen molar-refractivity contribution < 1.29 is 14.4 Å². The lowest BCUT2D eigenvalue weighted by Crippen LogP contribution is -2.51. The first-order chi connectivity index (χ1) is 15.3. The molecule has 0 spiro atoms. The van der Waals surface area contributed by atoms with E-state index < -0.39 is 0 Å². The fourth-order valence-corrected chi connectivity index (χ4v) is 8.55. The molecule has 0 amide bonds. The topological polar surface area (TPSA) is 67.8 Å². The van der Waals surface area contributed by atoms with Gasteiger partial charge in [-0.3, -0.25) is 4.79 Å². The summed E-state index contributed by atoms with van der Waals surface area (Å²) in [5, 5.41) is 7.68. The number of nitrogens with one attached hydrogen (secondary N) is 1. The second-order valence-corrected chi connectivity index (χ2v) is 11.8. The Bertz CT molecular complexity index is 842. The molecule has 32 heavy (non-hydrogen) atoms. The summed E-state index contributed by atoms with van der Waals surface area (Å²) in [6.45, 7) is 8.70. The van der Waals surface area contributed by atoms with Crippen LogP contribution in [0.2, 0.25) is 0 Å². The Morgan fingerprint density at radius 3 is 2.72 bits per heavy atom. The third-order valence-electron chi connectivity index (χ3n) is 10.4. The quantitative estimate of drug-likeness (QED) is 0.379. The van der Waals surface area contributed by atoms with E-state index in [4.69, 9.17) is 4.84 Å². The highest BCUT2D eigenvalue weighted by Crippen LogP contribution is 2.66. The number of ketones is 1. The first-order valence-corrected chi connectivity index (χ1v) is 13.0. The van der Waals surface area contributed by atoms with Gasteiger partial charge in [0.2, 0.25) is 0 Å². The zero-order chi connectivity index (χ0) is 22.5. The highest BCUT2D eigenvalue weighted by atomic mass is 16.7. The third kappa shape index (κ3) is 3.59. The minimum atomic E-state index is -0.175. The second-order valence-electron chi connectivity index (χ2n) is 11.8. The fourth-order valence-electron chi connectivity index (χ4n) is 8.55. The standard InChI is InChI=1S/C27H40N2O3/c1-17(29-32-25(31)18-5-4-14-28-16-18)22-8-9-23-21-7-6-19-15-20(30)10-12-26(19,2)24(21)11-13-27(22,23)3/h15,18,21-24,28H,4-14,16H2,1-3H3/b29-17+/t18?,21-,22+,23-,24-,26-,27+/m0/s1. The summed E-state index contributed by atoms with van der Waals surface area (Å²) in [6.07, 6.45) is 12.9. The first kappa shape index (κ1) is 22.3. The molecule has 5 aliphatic rings. The Kier molecular flexibility index (Phi) is 5.84. The second kappa shape index (κ2) is 8.38. The van der Waals surface area contributed by atoms with Crippen molar-refractivity contribution in [1.29, 1.82) is 0 Å². The van der Waals surface area contributed by atoms with Crippen LogP contribution in [-0.4, -0.2) is 30.6 Å². The minimum Gasteiger partial charge on any atom is -0.318 e. The number of rotatable bonds is 3. The Labute approximate surface area is 192 Å². The number of allylic oxidation sites excluding steroid dienone is 1. The van der Waals surface area contributed by atoms with Gasteiger partial charge in [0.1, 0.15) is 0 Å². The minimum absolute atomic E-state index is 0.0599. The molecule has 0 aromatic rings.